The van der Waals surface area contributed by atoms with Crippen LogP contribution >= 0.6 is 23.5 Å². The standard InChI is InChI=1S/C15H13NO3S2/c1-2-20-15-11(14(18)19)16-12(17)10(13(16)21-15)8-9-6-4-3-5-7-9/h3-8,13H,2H2,1H3,(H,18,19)/t13-/m1/s1. The first kappa shape index (κ1) is 14.3. The number of hydrogen-bond acceptors (Lipinski definition) is 4. The Hall–Kier alpha value is -1.66. The van der Waals surface area contributed by atoms with Crippen LogP contribution in [0.15, 0.2) is 45.8 Å². The fourth-order valence-corrected chi connectivity index (χ4v) is 4.89. The molecule has 1 aromatic rings. The van der Waals surface area contributed by atoms with Gasteiger partial charge in [0.2, 0.25) is 0 Å². The molecule has 0 unspecified atom stereocenters. The average molecular weight is 319 g/mol. The van der Waals surface area contributed by atoms with Gasteiger partial charge in [0.1, 0.15) is 5.37 Å². The van der Waals surface area contributed by atoms with E-state index in [2.05, 4.69) is 0 Å². The maximum absolute atomic E-state index is 12.2. The number of rotatable bonds is 4. The van der Waals surface area contributed by atoms with Crippen LogP contribution in [0, 0.1) is 0 Å². The first-order valence-electron chi connectivity index (χ1n) is 6.50. The number of β-lactam (4-membered cyclic amide) rings is 1. The predicted molar refractivity (Wildman–Crippen MR) is 85.4 cm³/mol. The van der Waals surface area contributed by atoms with Crippen molar-refractivity contribution < 1.29 is 14.7 Å². The Morgan fingerprint density at radius 3 is 2.76 bits per heavy atom. The van der Waals surface area contributed by atoms with E-state index in [0.29, 0.717) is 5.57 Å². The highest BCUT2D eigenvalue weighted by Crippen LogP contribution is 2.52. The molecular weight excluding hydrogens is 306 g/mol. The van der Waals surface area contributed by atoms with Gasteiger partial charge < -0.3 is 5.11 Å². The van der Waals surface area contributed by atoms with Gasteiger partial charge >= 0.3 is 5.97 Å². The van der Waals surface area contributed by atoms with Gasteiger partial charge in [0.25, 0.3) is 5.91 Å². The highest BCUT2D eigenvalue weighted by Gasteiger charge is 2.52. The molecule has 1 N–H and O–H groups in total. The topological polar surface area (TPSA) is 57.6 Å². The van der Waals surface area contributed by atoms with Gasteiger partial charge in [-0.3, -0.25) is 9.69 Å². The minimum atomic E-state index is -1.03. The lowest BCUT2D eigenvalue weighted by Crippen LogP contribution is -2.51. The van der Waals surface area contributed by atoms with Gasteiger partial charge in [-0.2, -0.15) is 0 Å². The van der Waals surface area contributed by atoms with Crippen LogP contribution in [-0.4, -0.2) is 33.0 Å². The zero-order chi connectivity index (χ0) is 15.0. The van der Waals surface area contributed by atoms with E-state index in [1.165, 1.54) is 28.4 Å². The van der Waals surface area contributed by atoms with Crippen LogP contribution in [0.4, 0.5) is 0 Å². The number of benzene rings is 1. The minimum absolute atomic E-state index is 0.132. The van der Waals surface area contributed by atoms with E-state index >= 15 is 0 Å². The van der Waals surface area contributed by atoms with E-state index in [1.807, 2.05) is 43.3 Å². The van der Waals surface area contributed by atoms with Crippen LogP contribution in [0.25, 0.3) is 6.08 Å². The first-order valence-corrected chi connectivity index (χ1v) is 8.37. The maximum Gasteiger partial charge on any atom is 0.354 e. The summed E-state index contributed by atoms with van der Waals surface area (Å²) in [5, 5.41) is 9.13. The SMILES string of the molecule is CCSC1=C(C(=O)O)N2C(=O)C(=Cc3ccccc3)[C@H]2S1. The minimum Gasteiger partial charge on any atom is -0.477 e. The number of amides is 1. The number of carboxylic acids is 1. The van der Waals surface area contributed by atoms with Gasteiger partial charge in [-0.05, 0) is 17.4 Å². The molecule has 6 heteroatoms. The molecule has 0 radical (unpaired) electrons. The fourth-order valence-electron chi connectivity index (χ4n) is 2.30. The van der Waals surface area contributed by atoms with Gasteiger partial charge in [-0.1, -0.05) is 49.0 Å². The smallest absolute Gasteiger partial charge is 0.354 e. The Balaban J connectivity index is 1.90. The van der Waals surface area contributed by atoms with Crippen molar-refractivity contribution in [1.82, 2.24) is 4.90 Å². The third-order valence-corrected chi connectivity index (χ3v) is 5.70. The van der Waals surface area contributed by atoms with Crippen molar-refractivity contribution in [2.45, 2.75) is 12.3 Å². The van der Waals surface area contributed by atoms with Gasteiger partial charge in [-0.25, -0.2) is 4.79 Å². The number of thioether (sulfide) groups is 2. The molecule has 0 aliphatic carbocycles. The van der Waals surface area contributed by atoms with E-state index in [1.54, 1.807) is 0 Å². The van der Waals surface area contributed by atoms with Crippen LogP contribution in [0.5, 0.6) is 0 Å². The van der Waals surface area contributed by atoms with Crippen molar-refractivity contribution in [2.75, 3.05) is 5.75 Å². The number of carbonyl (C=O) groups is 2. The third-order valence-electron chi connectivity index (χ3n) is 3.22. The second kappa shape index (κ2) is 5.61. The van der Waals surface area contributed by atoms with Gasteiger partial charge in [-0.15, -0.1) is 11.8 Å². The monoisotopic (exact) mass is 319 g/mol. The van der Waals surface area contributed by atoms with Crippen molar-refractivity contribution in [3.8, 4) is 0 Å². The number of hydrogen-bond donors (Lipinski definition) is 1. The van der Waals surface area contributed by atoms with Gasteiger partial charge in [0.15, 0.2) is 5.70 Å². The summed E-state index contributed by atoms with van der Waals surface area (Å²) in [6.07, 6.45) is 1.84. The van der Waals surface area contributed by atoms with E-state index < -0.39 is 5.97 Å². The number of nitrogens with zero attached hydrogens (tertiary/aromatic N) is 1. The summed E-state index contributed by atoms with van der Waals surface area (Å²) in [5.74, 6) is -0.459. The second-order valence-corrected chi connectivity index (χ2v) is 7.15. The van der Waals surface area contributed by atoms with Crippen LogP contribution in [0.2, 0.25) is 0 Å². The molecule has 2 heterocycles. The summed E-state index contributed by atoms with van der Waals surface area (Å²) in [6, 6.07) is 9.59. The molecule has 3 rings (SSSR count). The lowest BCUT2D eigenvalue weighted by Gasteiger charge is -2.36. The summed E-state index contributed by atoms with van der Waals surface area (Å²) < 4.78 is 0.722. The summed E-state index contributed by atoms with van der Waals surface area (Å²) in [7, 11) is 0. The molecule has 1 aromatic carbocycles. The summed E-state index contributed by atoms with van der Waals surface area (Å²) in [5.41, 5.74) is 1.75. The molecule has 2 aliphatic heterocycles. The highest BCUT2D eigenvalue weighted by atomic mass is 32.2. The largest absolute Gasteiger partial charge is 0.477 e. The highest BCUT2D eigenvalue weighted by molar-refractivity contribution is 8.22. The van der Waals surface area contributed by atoms with Crippen LogP contribution in [0.3, 0.4) is 0 Å². The average Bonchev–Trinajstić information content (AvgIpc) is 2.82. The third kappa shape index (κ3) is 2.38. The van der Waals surface area contributed by atoms with E-state index in [9.17, 15) is 14.7 Å². The van der Waals surface area contributed by atoms with Crippen molar-refractivity contribution in [3.05, 3.63) is 51.4 Å². The quantitative estimate of drug-likeness (QED) is 0.683. The first-order chi connectivity index (χ1) is 10.1. The molecular formula is C15H13NO3S2. The molecule has 4 nitrogen and oxygen atoms in total. The van der Waals surface area contributed by atoms with Crippen molar-refractivity contribution in [1.29, 1.82) is 0 Å². The molecule has 21 heavy (non-hydrogen) atoms. The number of aliphatic carboxylic acids is 1. The summed E-state index contributed by atoms with van der Waals surface area (Å²) in [6.45, 7) is 1.97. The maximum atomic E-state index is 12.2. The van der Waals surface area contributed by atoms with E-state index in [4.69, 9.17) is 0 Å². The molecule has 1 atom stereocenters. The van der Waals surface area contributed by atoms with Crippen molar-refractivity contribution in [2.24, 2.45) is 0 Å². The molecule has 1 fully saturated rings. The molecule has 0 bridgehead atoms. The van der Waals surface area contributed by atoms with Gasteiger partial charge in [0, 0.05) is 0 Å². The summed E-state index contributed by atoms with van der Waals surface area (Å²) >= 11 is 2.92. The molecule has 1 saturated heterocycles. The zero-order valence-electron chi connectivity index (χ0n) is 11.3. The Kier molecular flexibility index (Phi) is 3.82. The normalized spacial score (nSPS) is 22.5. The lowest BCUT2D eigenvalue weighted by molar-refractivity contribution is -0.141. The number of carboxylic acid groups (broad SMARTS) is 1. The molecule has 2 aliphatic rings. The fraction of sp³-hybridized carbons (Fsp3) is 0.200. The molecule has 108 valence electrons. The van der Waals surface area contributed by atoms with Crippen LogP contribution in [-0.2, 0) is 9.59 Å². The molecule has 0 saturated carbocycles. The lowest BCUT2D eigenvalue weighted by atomic mass is 10.0. The summed E-state index contributed by atoms with van der Waals surface area (Å²) in [4.78, 5) is 25.0. The second-order valence-electron chi connectivity index (χ2n) is 4.53. The number of fused-ring (bicyclic) bond motifs is 1. The van der Waals surface area contributed by atoms with Crippen LogP contribution in [0.1, 0.15) is 12.5 Å². The van der Waals surface area contributed by atoms with Crippen LogP contribution < -0.4 is 0 Å². The van der Waals surface area contributed by atoms with Gasteiger partial charge in [0.05, 0.1) is 9.81 Å². The Labute approximate surface area is 130 Å². The predicted octanol–water partition coefficient (Wildman–Crippen LogP) is 2.99. The Bertz CT molecular complexity index is 667. The Morgan fingerprint density at radius 2 is 2.14 bits per heavy atom. The van der Waals surface area contributed by atoms with Crippen molar-refractivity contribution in [3.63, 3.8) is 0 Å². The van der Waals surface area contributed by atoms with E-state index in [0.717, 1.165) is 15.6 Å². The number of carbonyl (C=O) groups excluding carboxylic acids is 1. The molecule has 1 amide bonds. The zero-order valence-corrected chi connectivity index (χ0v) is 12.9. The molecule has 0 aromatic heterocycles. The molecule has 0 spiro atoms. The van der Waals surface area contributed by atoms with Crippen molar-refractivity contribution >= 4 is 41.5 Å². The Morgan fingerprint density at radius 1 is 1.43 bits per heavy atom. The van der Waals surface area contributed by atoms with E-state index in [-0.39, 0.29) is 17.0 Å².